The lowest BCUT2D eigenvalue weighted by Crippen LogP contribution is -2.19. The summed E-state index contributed by atoms with van der Waals surface area (Å²) < 4.78 is 2.41. The second kappa shape index (κ2) is 6.02. The van der Waals surface area contributed by atoms with Gasteiger partial charge in [-0.2, -0.15) is 11.8 Å². The summed E-state index contributed by atoms with van der Waals surface area (Å²) in [4.78, 5) is 0. The predicted molar refractivity (Wildman–Crippen MR) is 85.0 cm³/mol. The number of aryl methyl sites for hydroxylation is 1. The molecule has 2 aromatic rings. The molecule has 3 rings (SSSR count). The number of para-hydroxylation sites is 1. The number of nitrogens with one attached hydrogen (secondary N) is 1. The van der Waals surface area contributed by atoms with Crippen LogP contribution in [0.4, 0.5) is 0 Å². The third-order valence-corrected chi connectivity index (χ3v) is 4.40. The molecule has 0 spiro atoms. The van der Waals surface area contributed by atoms with Gasteiger partial charge in [0, 0.05) is 35.4 Å². The van der Waals surface area contributed by atoms with Gasteiger partial charge in [-0.3, -0.25) is 0 Å². The lowest BCUT2D eigenvalue weighted by atomic mass is 10.1. The summed E-state index contributed by atoms with van der Waals surface area (Å²) in [5, 5.41) is 5.04. The van der Waals surface area contributed by atoms with Crippen LogP contribution in [-0.4, -0.2) is 29.2 Å². The molecule has 0 radical (unpaired) electrons. The van der Waals surface area contributed by atoms with E-state index in [2.05, 4.69) is 46.6 Å². The zero-order valence-electron chi connectivity index (χ0n) is 11.6. The molecule has 0 atom stereocenters. The van der Waals surface area contributed by atoms with Crippen LogP contribution in [0, 0.1) is 0 Å². The van der Waals surface area contributed by atoms with Crippen LogP contribution < -0.4 is 5.32 Å². The Labute approximate surface area is 119 Å². The van der Waals surface area contributed by atoms with E-state index in [0.29, 0.717) is 0 Å². The highest BCUT2D eigenvalue weighted by Crippen LogP contribution is 2.23. The zero-order valence-corrected chi connectivity index (χ0v) is 12.4. The predicted octanol–water partition coefficient (Wildman–Crippen LogP) is 3.30. The summed E-state index contributed by atoms with van der Waals surface area (Å²) in [6.45, 7) is 2.22. The van der Waals surface area contributed by atoms with Gasteiger partial charge in [0.05, 0.1) is 0 Å². The normalized spacial score (nSPS) is 15.2. The Kier molecular flexibility index (Phi) is 4.14. The molecule has 1 N–H and O–H groups in total. The van der Waals surface area contributed by atoms with Crippen molar-refractivity contribution in [1.29, 1.82) is 0 Å². The Hall–Kier alpha value is -0.930. The highest BCUT2D eigenvalue weighted by molar-refractivity contribution is 7.98. The van der Waals surface area contributed by atoms with Gasteiger partial charge < -0.3 is 9.88 Å². The quantitative estimate of drug-likeness (QED) is 0.834. The molecule has 1 fully saturated rings. The third-order valence-electron chi connectivity index (χ3n) is 3.81. The minimum atomic E-state index is 0.810. The summed E-state index contributed by atoms with van der Waals surface area (Å²) in [6, 6.07) is 9.61. The van der Waals surface area contributed by atoms with Gasteiger partial charge in [0.2, 0.25) is 0 Å². The molecule has 19 heavy (non-hydrogen) atoms. The maximum Gasteiger partial charge on any atom is 0.0483 e. The molecule has 1 aromatic heterocycles. The molecule has 3 heteroatoms. The standard InChI is InChI=1S/C16H22N2S/c1-19-11-10-18-12-13(8-9-17-14-6-7-14)15-4-2-3-5-16(15)18/h2-5,12,14,17H,6-11H2,1H3. The molecule has 0 aliphatic heterocycles. The van der Waals surface area contributed by atoms with Gasteiger partial charge in [0.15, 0.2) is 0 Å². The number of thioether (sulfide) groups is 1. The number of hydrogen-bond donors (Lipinski definition) is 1. The van der Waals surface area contributed by atoms with Crippen LogP contribution in [0.15, 0.2) is 30.5 Å². The lowest BCUT2D eigenvalue weighted by molar-refractivity contribution is 0.681. The van der Waals surface area contributed by atoms with E-state index in [1.54, 1.807) is 0 Å². The zero-order chi connectivity index (χ0) is 13.1. The van der Waals surface area contributed by atoms with E-state index in [-0.39, 0.29) is 0 Å². The van der Waals surface area contributed by atoms with Gasteiger partial charge in [0.25, 0.3) is 0 Å². The van der Waals surface area contributed by atoms with Crippen LogP contribution >= 0.6 is 11.8 Å². The molecule has 1 heterocycles. The smallest absolute Gasteiger partial charge is 0.0483 e. The fourth-order valence-corrected chi connectivity index (χ4v) is 2.97. The Morgan fingerprint density at radius 2 is 2.16 bits per heavy atom. The summed E-state index contributed by atoms with van der Waals surface area (Å²) in [5.74, 6) is 1.18. The highest BCUT2D eigenvalue weighted by Gasteiger charge is 2.19. The first kappa shape index (κ1) is 13.1. The van der Waals surface area contributed by atoms with Crippen LogP contribution in [0.25, 0.3) is 10.9 Å². The average Bonchev–Trinajstić information content (AvgIpc) is 3.19. The molecule has 1 aliphatic rings. The summed E-state index contributed by atoms with van der Waals surface area (Å²) in [5.41, 5.74) is 2.88. The van der Waals surface area contributed by atoms with E-state index < -0.39 is 0 Å². The van der Waals surface area contributed by atoms with Crippen LogP contribution in [0.3, 0.4) is 0 Å². The third kappa shape index (κ3) is 3.15. The molecule has 102 valence electrons. The minimum absolute atomic E-state index is 0.810. The maximum atomic E-state index is 3.61. The molecule has 0 amide bonds. The number of hydrogen-bond acceptors (Lipinski definition) is 2. The van der Waals surface area contributed by atoms with Crippen molar-refractivity contribution in [3.05, 3.63) is 36.0 Å². The molecule has 1 aliphatic carbocycles. The summed E-state index contributed by atoms with van der Waals surface area (Å²) >= 11 is 1.91. The Morgan fingerprint density at radius 1 is 1.32 bits per heavy atom. The number of aromatic nitrogens is 1. The topological polar surface area (TPSA) is 17.0 Å². The van der Waals surface area contributed by atoms with E-state index in [1.807, 2.05) is 11.8 Å². The van der Waals surface area contributed by atoms with E-state index in [0.717, 1.165) is 25.6 Å². The minimum Gasteiger partial charge on any atom is -0.346 e. The van der Waals surface area contributed by atoms with Crippen molar-refractivity contribution in [3.8, 4) is 0 Å². The first-order valence-corrected chi connectivity index (χ1v) is 8.57. The van der Waals surface area contributed by atoms with Gasteiger partial charge in [-0.25, -0.2) is 0 Å². The van der Waals surface area contributed by atoms with Crippen molar-refractivity contribution in [2.24, 2.45) is 0 Å². The van der Waals surface area contributed by atoms with E-state index in [4.69, 9.17) is 0 Å². The molecule has 0 saturated heterocycles. The Bertz CT molecular complexity index is 543. The lowest BCUT2D eigenvalue weighted by Gasteiger charge is -2.02. The number of benzene rings is 1. The molecule has 0 unspecified atom stereocenters. The van der Waals surface area contributed by atoms with Crippen molar-refractivity contribution in [2.45, 2.75) is 31.8 Å². The second-order valence-electron chi connectivity index (χ2n) is 5.34. The number of fused-ring (bicyclic) bond motifs is 1. The largest absolute Gasteiger partial charge is 0.346 e. The fourth-order valence-electron chi connectivity index (χ4n) is 2.60. The van der Waals surface area contributed by atoms with E-state index in [9.17, 15) is 0 Å². The van der Waals surface area contributed by atoms with Gasteiger partial charge >= 0.3 is 0 Å². The van der Waals surface area contributed by atoms with Gasteiger partial charge in [-0.15, -0.1) is 0 Å². The van der Waals surface area contributed by atoms with Gasteiger partial charge in [-0.1, -0.05) is 18.2 Å². The Morgan fingerprint density at radius 3 is 2.95 bits per heavy atom. The summed E-state index contributed by atoms with van der Waals surface area (Å²) in [6.07, 6.45) is 8.41. The fraction of sp³-hybridized carbons (Fsp3) is 0.500. The molecule has 1 saturated carbocycles. The van der Waals surface area contributed by atoms with Crippen molar-refractivity contribution in [1.82, 2.24) is 9.88 Å². The SMILES string of the molecule is CSCCn1cc(CCNC2CC2)c2ccccc21. The highest BCUT2D eigenvalue weighted by atomic mass is 32.2. The van der Waals surface area contributed by atoms with Crippen molar-refractivity contribution in [2.75, 3.05) is 18.6 Å². The van der Waals surface area contributed by atoms with Crippen molar-refractivity contribution in [3.63, 3.8) is 0 Å². The molecular weight excluding hydrogens is 252 g/mol. The van der Waals surface area contributed by atoms with E-state index in [1.165, 1.54) is 35.1 Å². The average molecular weight is 274 g/mol. The van der Waals surface area contributed by atoms with Crippen LogP contribution in [0.2, 0.25) is 0 Å². The van der Waals surface area contributed by atoms with Crippen molar-refractivity contribution < 1.29 is 0 Å². The van der Waals surface area contributed by atoms with Crippen LogP contribution in [-0.2, 0) is 13.0 Å². The number of rotatable bonds is 7. The van der Waals surface area contributed by atoms with Crippen LogP contribution in [0.1, 0.15) is 18.4 Å². The molecule has 0 bridgehead atoms. The second-order valence-corrected chi connectivity index (χ2v) is 6.32. The van der Waals surface area contributed by atoms with Gasteiger partial charge in [0.1, 0.15) is 0 Å². The monoisotopic (exact) mass is 274 g/mol. The first-order chi connectivity index (χ1) is 9.38. The maximum absolute atomic E-state index is 3.61. The van der Waals surface area contributed by atoms with E-state index >= 15 is 0 Å². The van der Waals surface area contributed by atoms with Gasteiger partial charge in [-0.05, 0) is 43.7 Å². The Balaban J connectivity index is 1.77. The van der Waals surface area contributed by atoms with Crippen LogP contribution in [0.5, 0.6) is 0 Å². The van der Waals surface area contributed by atoms with Crippen molar-refractivity contribution >= 4 is 22.7 Å². The number of nitrogens with zero attached hydrogens (tertiary/aromatic N) is 1. The summed E-state index contributed by atoms with van der Waals surface area (Å²) in [7, 11) is 0. The first-order valence-electron chi connectivity index (χ1n) is 7.17. The molecule has 2 nitrogen and oxygen atoms in total. The molecule has 1 aromatic carbocycles. The molecular formula is C16H22N2S.